The lowest BCUT2D eigenvalue weighted by Gasteiger charge is -2.12. The first kappa shape index (κ1) is 16.9. The Kier molecular flexibility index (Phi) is 3.67. The zero-order valence-corrected chi connectivity index (χ0v) is 15.8. The molecule has 0 amide bonds. The van der Waals surface area contributed by atoms with Crippen LogP contribution in [0.5, 0.6) is 5.75 Å². The van der Waals surface area contributed by atoms with E-state index in [2.05, 4.69) is 25.6 Å². The monoisotopic (exact) mass is 401 g/mol. The Morgan fingerprint density at radius 3 is 3.10 bits per heavy atom. The van der Waals surface area contributed by atoms with Crippen LogP contribution >= 0.6 is 0 Å². The van der Waals surface area contributed by atoms with E-state index in [0.29, 0.717) is 30.2 Å². The summed E-state index contributed by atoms with van der Waals surface area (Å²) in [6.07, 6.45) is 7.72. The van der Waals surface area contributed by atoms with Gasteiger partial charge in [-0.05, 0) is 24.3 Å². The second kappa shape index (κ2) is 6.51. The van der Waals surface area contributed by atoms with Gasteiger partial charge in [-0.3, -0.25) is 4.40 Å². The molecule has 8 nitrogen and oxygen atoms in total. The summed E-state index contributed by atoms with van der Waals surface area (Å²) in [5, 5.41) is 15.8. The van der Waals surface area contributed by atoms with E-state index in [4.69, 9.17) is 4.74 Å². The number of pyridine rings is 1. The number of hydrogen-bond acceptors (Lipinski definition) is 6. The number of fused-ring (bicyclic) bond motifs is 3. The smallest absolute Gasteiger partial charge is 0.210 e. The Morgan fingerprint density at radius 2 is 2.13 bits per heavy atom. The summed E-state index contributed by atoms with van der Waals surface area (Å²) < 4.78 is 23.5. The summed E-state index contributed by atoms with van der Waals surface area (Å²) >= 11 is 0. The highest BCUT2D eigenvalue weighted by atomic mass is 19.1. The molecule has 0 saturated carbocycles. The van der Waals surface area contributed by atoms with Crippen LogP contribution in [-0.2, 0) is 13.0 Å². The van der Waals surface area contributed by atoms with Gasteiger partial charge in [0, 0.05) is 53.8 Å². The van der Waals surface area contributed by atoms with E-state index in [1.807, 2.05) is 24.4 Å². The Balaban J connectivity index is 1.36. The maximum absolute atomic E-state index is 14.4. The Bertz CT molecular complexity index is 1410. The quantitative estimate of drug-likeness (QED) is 0.498. The summed E-state index contributed by atoms with van der Waals surface area (Å²) in [6.45, 7) is 0.867. The molecule has 0 saturated heterocycles. The van der Waals surface area contributed by atoms with Crippen molar-refractivity contribution in [2.24, 2.45) is 0 Å². The SMILES string of the molecule is Fc1ccc2c(c1CNc1ncc(-c3ccc4ccnn4c3)c3nncn13)CCO2. The molecule has 1 aliphatic heterocycles. The highest BCUT2D eigenvalue weighted by Crippen LogP contribution is 2.31. The van der Waals surface area contributed by atoms with Crippen LogP contribution in [0.25, 0.3) is 22.3 Å². The van der Waals surface area contributed by atoms with Gasteiger partial charge >= 0.3 is 0 Å². The van der Waals surface area contributed by atoms with E-state index in [-0.39, 0.29) is 12.4 Å². The van der Waals surface area contributed by atoms with Crippen molar-refractivity contribution in [1.82, 2.24) is 29.2 Å². The van der Waals surface area contributed by atoms with Gasteiger partial charge in [-0.15, -0.1) is 10.2 Å². The van der Waals surface area contributed by atoms with Crippen molar-refractivity contribution in [3.63, 3.8) is 0 Å². The number of benzene rings is 1. The minimum atomic E-state index is -0.254. The molecule has 6 rings (SSSR count). The number of aromatic nitrogens is 6. The van der Waals surface area contributed by atoms with E-state index in [1.165, 1.54) is 6.07 Å². The van der Waals surface area contributed by atoms with Crippen LogP contribution in [0.15, 0.2) is 55.2 Å². The molecule has 0 atom stereocenters. The minimum Gasteiger partial charge on any atom is -0.493 e. The van der Waals surface area contributed by atoms with Crippen LogP contribution in [0.1, 0.15) is 11.1 Å². The average molecular weight is 401 g/mol. The predicted molar refractivity (Wildman–Crippen MR) is 108 cm³/mol. The largest absolute Gasteiger partial charge is 0.493 e. The van der Waals surface area contributed by atoms with Crippen LogP contribution in [0.4, 0.5) is 10.3 Å². The first-order chi connectivity index (χ1) is 14.8. The third-order valence-corrected chi connectivity index (χ3v) is 5.40. The van der Waals surface area contributed by atoms with Gasteiger partial charge in [0.1, 0.15) is 17.9 Å². The molecule has 0 unspecified atom stereocenters. The zero-order valence-electron chi connectivity index (χ0n) is 15.8. The number of hydrogen-bond donors (Lipinski definition) is 1. The topological polar surface area (TPSA) is 81.6 Å². The molecular weight excluding hydrogens is 385 g/mol. The van der Waals surface area contributed by atoms with Crippen molar-refractivity contribution in [1.29, 1.82) is 0 Å². The lowest BCUT2D eigenvalue weighted by molar-refractivity contribution is 0.356. The number of ether oxygens (including phenoxy) is 1. The van der Waals surface area contributed by atoms with E-state index in [1.54, 1.807) is 33.7 Å². The van der Waals surface area contributed by atoms with Gasteiger partial charge in [-0.2, -0.15) is 5.10 Å². The van der Waals surface area contributed by atoms with Gasteiger partial charge < -0.3 is 10.1 Å². The maximum Gasteiger partial charge on any atom is 0.210 e. The van der Waals surface area contributed by atoms with Gasteiger partial charge in [0.2, 0.25) is 5.95 Å². The fourth-order valence-corrected chi connectivity index (χ4v) is 3.90. The van der Waals surface area contributed by atoms with Crippen LogP contribution < -0.4 is 10.1 Å². The number of nitrogens with one attached hydrogen (secondary N) is 1. The molecule has 5 heterocycles. The number of halogens is 1. The highest BCUT2D eigenvalue weighted by Gasteiger charge is 2.20. The van der Waals surface area contributed by atoms with Crippen LogP contribution in [0.3, 0.4) is 0 Å². The summed E-state index contributed by atoms with van der Waals surface area (Å²) in [7, 11) is 0. The fourth-order valence-electron chi connectivity index (χ4n) is 3.90. The Labute approximate surface area is 170 Å². The summed E-state index contributed by atoms with van der Waals surface area (Å²) in [5.41, 5.74) is 4.92. The molecule has 1 aromatic carbocycles. The van der Waals surface area contributed by atoms with Crippen LogP contribution in [-0.4, -0.2) is 35.8 Å². The summed E-state index contributed by atoms with van der Waals surface area (Å²) in [4.78, 5) is 4.55. The molecule has 148 valence electrons. The molecule has 0 bridgehead atoms. The molecule has 5 aromatic rings. The second-order valence-electron chi connectivity index (χ2n) is 7.09. The minimum absolute atomic E-state index is 0.254. The zero-order chi connectivity index (χ0) is 20.1. The standard InChI is InChI=1S/C21H16FN7O/c22-18-3-4-19-15(6-8-30-19)17(18)10-24-21-23-9-16(20-27-25-12-28(20)21)13-1-2-14-5-7-26-29(14)11-13/h1-5,7,9,11-12H,6,8,10H2,(H,23,24). The van der Waals surface area contributed by atoms with Gasteiger partial charge in [0.15, 0.2) is 5.65 Å². The molecule has 1 N–H and O–H groups in total. The summed E-state index contributed by atoms with van der Waals surface area (Å²) in [5.74, 6) is 1.03. The molecule has 4 aromatic heterocycles. The van der Waals surface area contributed by atoms with Gasteiger partial charge in [-0.1, -0.05) is 6.07 Å². The van der Waals surface area contributed by atoms with Gasteiger partial charge in [0.25, 0.3) is 0 Å². The third-order valence-electron chi connectivity index (χ3n) is 5.40. The lowest BCUT2D eigenvalue weighted by atomic mass is 10.0. The van der Waals surface area contributed by atoms with Crippen molar-refractivity contribution in [2.75, 3.05) is 11.9 Å². The molecule has 0 aliphatic carbocycles. The third kappa shape index (κ3) is 2.59. The highest BCUT2D eigenvalue weighted by molar-refractivity contribution is 5.78. The van der Waals surface area contributed by atoms with Crippen LogP contribution in [0, 0.1) is 5.82 Å². The number of nitrogens with zero attached hydrogens (tertiary/aromatic N) is 6. The summed E-state index contributed by atoms with van der Waals surface area (Å²) in [6, 6.07) is 9.05. The molecule has 9 heteroatoms. The molecule has 1 aliphatic rings. The van der Waals surface area contributed by atoms with Crippen LogP contribution in [0.2, 0.25) is 0 Å². The van der Waals surface area contributed by atoms with Crippen molar-refractivity contribution >= 4 is 17.1 Å². The van der Waals surface area contributed by atoms with Crippen molar-refractivity contribution in [2.45, 2.75) is 13.0 Å². The number of rotatable bonds is 4. The van der Waals surface area contributed by atoms with E-state index in [9.17, 15) is 4.39 Å². The molecule has 30 heavy (non-hydrogen) atoms. The van der Waals surface area contributed by atoms with E-state index >= 15 is 0 Å². The molecular formula is C21H16FN7O. The predicted octanol–water partition coefficient (Wildman–Crippen LogP) is 3.13. The normalized spacial score (nSPS) is 13.0. The fraction of sp³-hybridized carbons (Fsp3) is 0.143. The van der Waals surface area contributed by atoms with E-state index in [0.717, 1.165) is 28.0 Å². The number of anilines is 1. The van der Waals surface area contributed by atoms with Crippen molar-refractivity contribution in [3.05, 3.63) is 72.2 Å². The van der Waals surface area contributed by atoms with Crippen molar-refractivity contribution < 1.29 is 9.13 Å². The molecule has 0 radical (unpaired) electrons. The Hall–Kier alpha value is -4.01. The van der Waals surface area contributed by atoms with Crippen molar-refractivity contribution in [3.8, 4) is 16.9 Å². The average Bonchev–Trinajstić information content (AvgIpc) is 3.52. The molecule has 0 fully saturated rings. The Morgan fingerprint density at radius 1 is 1.17 bits per heavy atom. The maximum atomic E-state index is 14.4. The lowest BCUT2D eigenvalue weighted by Crippen LogP contribution is -2.09. The van der Waals surface area contributed by atoms with E-state index < -0.39 is 0 Å². The first-order valence-electron chi connectivity index (χ1n) is 9.57. The van der Waals surface area contributed by atoms with Gasteiger partial charge in [-0.25, -0.2) is 13.9 Å². The molecule has 0 spiro atoms. The van der Waals surface area contributed by atoms with Gasteiger partial charge in [0.05, 0.1) is 12.1 Å². The first-order valence-corrected chi connectivity index (χ1v) is 9.57. The second-order valence-corrected chi connectivity index (χ2v) is 7.09.